The standard InChI is InChI=1S/C14H18N3O8PS/c1-21-10-11(19)14(7-23-26(27,24-8-14)22-6-2-4-15)25-12(10)17-5-3-9(18)16-13(17)20/h3,5,10-12,19H,2,6-8H2,1H3,(H,16,18,20)/t10-,11?,12+,14?,26?/m0/s1. The molecular formula is C14H18N3O8PS. The second-order valence-corrected chi connectivity index (χ2v) is 8.98. The number of rotatable bonds is 5. The fraction of sp³-hybridized carbons (Fsp3) is 0.643. The Labute approximate surface area is 158 Å². The Morgan fingerprint density at radius 2 is 2.22 bits per heavy atom. The van der Waals surface area contributed by atoms with Gasteiger partial charge in [0.1, 0.15) is 17.8 Å². The van der Waals surface area contributed by atoms with Gasteiger partial charge in [-0.3, -0.25) is 14.3 Å². The molecule has 1 aromatic rings. The van der Waals surface area contributed by atoms with E-state index in [0.717, 1.165) is 10.6 Å². The van der Waals surface area contributed by atoms with E-state index in [1.807, 2.05) is 6.07 Å². The second kappa shape index (κ2) is 7.90. The summed E-state index contributed by atoms with van der Waals surface area (Å²) in [7, 11) is 1.36. The molecule has 11 nitrogen and oxygen atoms in total. The Kier molecular flexibility index (Phi) is 5.95. The number of aromatic nitrogens is 2. The van der Waals surface area contributed by atoms with Gasteiger partial charge in [0.25, 0.3) is 5.56 Å². The number of aromatic amines is 1. The van der Waals surface area contributed by atoms with E-state index in [0.29, 0.717) is 0 Å². The monoisotopic (exact) mass is 419 g/mol. The predicted molar refractivity (Wildman–Crippen MR) is 93.4 cm³/mol. The Hall–Kier alpha value is -1.42. The molecule has 0 aromatic carbocycles. The lowest BCUT2D eigenvalue weighted by molar-refractivity contribution is -0.161. The van der Waals surface area contributed by atoms with E-state index in [4.69, 9.17) is 40.1 Å². The average Bonchev–Trinajstić information content (AvgIpc) is 2.90. The lowest BCUT2D eigenvalue weighted by Crippen LogP contribution is -2.52. The Morgan fingerprint density at radius 1 is 1.52 bits per heavy atom. The predicted octanol–water partition coefficient (Wildman–Crippen LogP) is -0.618. The number of aliphatic hydroxyl groups is 1. The first-order chi connectivity index (χ1) is 12.8. The van der Waals surface area contributed by atoms with Crippen molar-refractivity contribution in [3.8, 4) is 6.07 Å². The van der Waals surface area contributed by atoms with Crippen molar-refractivity contribution < 1.29 is 28.2 Å². The summed E-state index contributed by atoms with van der Waals surface area (Å²) in [6.07, 6.45) is -1.75. The van der Waals surface area contributed by atoms with Crippen LogP contribution in [0.5, 0.6) is 0 Å². The van der Waals surface area contributed by atoms with Crippen molar-refractivity contribution in [2.45, 2.75) is 30.5 Å². The van der Waals surface area contributed by atoms with Gasteiger partial charge >= 0.3 is 12.4 Å². The quantitative estimate of drug-likeness (QED) is 0.468. The lowest BCUT2D eigenvalue weighted by atomic mass is 9.97. The van der Waals surface area contributed by atoms with Crippen LogP contribution in [0.4, 0.5) is 0 Å². The van der Waals surface area contributed by atoms with Crippen LogP contribution in [0.3, 0.4) is 0 Å². The largest absolute Gasteiger partial charge is 0.387 e. The van der Waals surface area contributed by atoms with Crippen molar-refractivity contribution in [2.75, 3.05) is 26.9 Å². The fourth-order valence-electron chi connectivity index (χ4n) is 2.89. The molecule has 1 aromatic heterocycles. The first kappa shape index (κ1) is 20.3. The molecule has 2 N–H and O–H groups in total. The van der Waals surface area contributed by atoms with Crippen LogP contribution in [-0.2, 0) is 34.9 Å². The highest BCUT2D eigenvalue weighted by molar-refractivity contribution is 8.07. The first-order valence-electron chi connectivity index (χ1n) is 7.95. The van der Waals surface area contributed by atoms with E-state index < -0.39 is 42.0 Å². The molecule has 0 radical (unpaired) electrons. The third kappa shape index (κ3) is 3.91. The molecule has 3 heterocycles. The topological polar surface area (TPSA) is 145 Å². The average molecular weight is 419 g/mol. The van der Waals surface area contributed by atoms with Crippen LogP contribution in [0, 0.1) is 11.3 Å². The molecule has 27 heavy (non-hydrogen) atoms. The molecule has 0 bridgehead atoms. The van der Waals surface area contributed by atoms with Gasteiger partial charge in [-0.1, -0.05) is 0 Å². The third-order valence-corrected chi connectivity index (χ3v) is 6.62. The highest BCUT2D eigenvalue weighted by Crippen LogP contribution is 2.56. The number of hydrogen-bond acceptors (Lipinski definition) is 10. The van der Waals surface area contributed by atoms with Gasteiger partial charge in [0.05, 0.1) is 32.3 Å². The number of H-pyrrole nitrogens is 1. The van der Waals surface area contributed by atoms with E-state index in [2.05, 4.69) is 4.98 Å². The van der Waals surface area contributed by atoms with E-state index in [1.54, 1.807) is 0 Å². The highest BCUT2D eigenvalue weighted by Gasteiger charge is 2.59. The zero-order valence-electron chi connectivity index (χ0n) is 14.3. The van der Waals surface area contributed by atoms with Crippen LogP contribution >= 0.6 is 6.72 Å². The van der Waals surface area contributed by atoms with Crippen molar-refractivity contribution in [2.24, 2.45) is 0 Å². The maximum Gasteiger partial charge on any atom is 0.330 e. The summed E-state index contributed by atoms with van der Waals surface area (Å²) < 4.78 is 28.7. The minimum Gasteiger partial charge on any atom is -0.387 e. The van der Waals surface area contributed by atoms with Gasteiger partial charge in [-0.15, -0.1) is 0 Å². The van der Waals surface area contributed by atoms with Crippen LogP contribution in [0.15, 0.2) is 21.9 Å². The molecule has 1 spiro atoms. The number of methoxy groups -OCH3 is 1. The molecular weight excluding hydrogens is 401 g/mol. The molecule has 2 aliphatic rings. The highest BCUT2D eigenvalue weighted by atomic mass is 32.5. The second-order valence-electron chi connectivity index (χ2n) is 5.97. The van der Waals surface area contributed by atoms with Gasteiger partial charge in [0, 0.05) is 19.4 Å². The van der Waals surface area contributed by atoms with Crippen LogP contribution < -0.4 is 11.2 Å². The van der Waals surface area contributed by atoms with E-state index in [1.165, 1.54) is 13.3 Å². The maximum atomic E-state index is 12.1. The molecule has 3 rings (SSSR count). The third-order valence-electron chi connectivity index (χ3n) is 4.28. The van der Waals surface area contributed by atoms with Gasteiger partial charge in [0.2, 0.25) is 0 Å². The van der Waals surface area contributed by atoms with Crippen molar-refractivity contribution in [1.82, 2.24) is 9.55 Å². The summed E-state index contributed by atoms with van der Waals surface area (Å²) in [4.78, 5) is 25.5. The number of nitrogens with zero attached hydrogens (tertiary/aromatic N) is 2. The van der Waals surface area contributed by atoms with Gasteiger partial charge in [-0.25, -0.2) is 4.79 Å². The zero-order valence-corrected chi connectivity index (χ0v) is 16.0. The number of hydrogen-bond donors (Lipinski definition) is 2. The van der Waals surface area contributed by atoms with E-state index in [-0.39, 0.29) is 26.2 Å². The summed E-state index contributed by atoms with van der Waals surface area (Å²) in [6.45, 7) is -3.27. The van der Waals surface area contributed by atoms with Crippen molar-refractivity contribution in [3.63, 3.8) is 0 Å². The fourth-order valence-corrected chi connectivity index (χ4v) is 4.72. The van der Waals surface area contributed by atoms with Crippen molar-refractivity contribution in [1.29, 1.82) is 5.26 Å². The molecule has 0 amide bonds. The Balaban J connectivity index is 1.80. The number of nitrogens with one attached hydrogen (secondary N) is 1. The summed E-state index contributed by atoms with van der Waals surface area (Å²) >= 11 is 5.21. The summed E-state index contributed by atoms with van der Waals surface area (Å²) in [5, 5.41) is 19.3. The van der Waals surface area contributed by atoms with Crippen LogP contribution in [0.2, 0.25) is 0 Å². The number of aliphatic hydroxyl groups excluding tert-OH is 1. The molecule has 2 saturated heterocycles. The molecule has 0 aliphatic carbocycles. The summed E-state index contributed by atoms with van der Waals surface area (Å²) in [6, 6.07) is 3.08. The van der Waals surface area contributed by atoms with Gasteiger partial charge in [0.15, 0.2) is 6.23 Å². The van der Waals surface area contributed by atoms with Crippen LogP contribution in [0.1, 0.15) is 12.6 Å². The normalized spacial score (nSPS) is 36.0. The number of nitriles is 1. The molecule has 148 valence electrons. The molecule has 3 atom stereocenters. The minimum absolute atomic E-state index is 0.0697. The summed E-state index contributed by atoms with van der Waals surface area (Å²) in [5.41, 5.74) is -2.60. The molecule has 2 fully saturated rings. The Bertz CT molecular complexity index is 883. The molecule has 0 saturated carbocycles. The Morgan fingerprint density at radius 3 is 2.81 bits per heavy atom. The maximum absolute atomic E-state index is 12.1. The van der Waals surface area contributed by atoms with E-state index >= 15 is 0 Å². The number of ether oxygens (including phenoxy) is 2. The van der Waals surface area contributed by atoms with Crippen LogP contribution in [0.25, 0.3) is 0 Å². The van der Waals surface area contributed by atoms with Crippen molar-refractivity contribution in [3.05, 3.63) is 33.1 Å². The van der Waals surface area contributed by atoms with Gasteiger partial charge < -0.3 is 28.2 Å². The van der Waals surface area contributed by atoms with Gasteiger partial charge in [-0.05, 0) is 11.8 Å². The van der Waals surface area contributed by atoms with Crippen molar-refractivity contribution >= 4 is 18.5 Å². The molecule has 1 unspecified atom stereocenters. The lowest BCUT2D eigenvalue weighted by Gasteiger charge is -2.39. The SMILES string of the molecule is CO[C@H]1C(O)C2(COP(=S)(OCCC#N)OC2)O[C@H]1n1ccc(=O)[nH]c1=O. The van der Waals surface area contributed by atoms with Crippen LogP contribution in [-0.4, -0.2) is 59.4 Å². The smallest absolute Gasteiger partial charge is 0.330 e. The molecule has 2 aliphatic heterocycles. The summed E-state index contributed by atoms with van der Waals surface area (Å²) in [5.74, 6) is 0. The van der Waals surface area contributed by atoms with E-state index in [9.17, 15) is 14.7 Å². The molecule has 13 heteroatoms. The minimum atomic E-state index is -3.05. The zero-order chi connectivity index (χ0) is 19.7. The van der Waals surface area contributed by atoms with Gasteiger partial charge in [-0.2, -0.15) is 5.26 Å². The first-order valence-corrected chi connectivity index (χ1v) is 10.5.